The lowest BCUT2D eigenvalue weighted by Gasteiger charge is -2.21. The molecule has 1 aromatic rings. The second-order valence-corrected chi connectivity index (χ2v) is 6.15. The van der Waals surface area contributed by atoms with Gasteiger partial charge in [-0.3, -0.25) is 9.59 Å². The highest BCUT2D eigenvalue weighted by Gasteiger charge is 2.66. The molecule has 7 heteroatoms. The third-order valence-corrected chi connectivity index (χ3v) is 4.87. The van der Waals surface area contributed by atoms with Crippen LogP contribution in [0.5, 0.6) is 0 Å². The molecule has 0 radical (unpaired) electrons. The smallest absolute Gasteiger partial charge is 0.310 e. The van der Waals surface area contributed by atoms with Gasteiger partial charge in [-0.25, -0.2) is 4.98 Å². The number of aryl methyl sites for hydroxylation is 1. The topological polar surface area (TPSA) is 84.7 Å². The molecule has 1 N–H and O–H groups in total. The Morgan fingerprint density at radius 3 is 3.09 bits per heavy atom. The fraction of sp³-hybridized carbons (Fsp3) is 0.533. The zero-order chi connectivity index (χ0) is 15.3. The molecule has 0 saturated carbocycles. The molecule has 22 heavy (non-hydrogen) atoms. The minimum Gasteiger partial charge on any atom is -0.481 e. The largest absolute Gasteiger partial charge is 0.481 e. The van der Waals surface area contributed by atoms with Crippen LogP contribution in [-0.2, 0) is 20.9 Å². The van der Waals surface area contributed by atoms with E-state index in [-0.39, 0.29) is 5.91 Å². The van der Waals surface area contributed by atoms with Crippen LogP contribution in [0.4, 0.5) is 0 Å². The van der Waals surface area contributed by atoms with Gasteiger partial charge in [0.05, 0.1) is 24.9 Å². The molecule has 2 saturated heterocycles. The average Bonchev–Trinajstić information content (AvgIpc) is 3.22. The number of nitrogens with zero attached hydrogens (tertiary/aromatic N) is 3. The van der Waals surface area contributed by atoms with Crippen LogP contribution in [0, 0.1) is 11.8 Å². The zero-order valence-electron chi connectivity index (χ0n) is 12.0. The Morgan fingerprint density at radius 1 is 1.50 bits per heavy atom. The lowest BCUT2D eigenvalue weighted by molar-refractivity contribution is -0.148. The molecule has 3 aliphatic rings. The average molecular weight is 303 g/mol. The standard InChI is InChI=1S/C15H17N3O4/c19-13-12-11(14(20)21)10-2-3-15(12,22-10)8-18(13)6-1-5-17-7-4-16-9-17/h2-4,7,9-12H,1,5-6,8H2,(H,20,21)/t10-,11-,12-,15+/m1/s1. The molecular formula is C15H17N3O4. The van der Waals surface area contributed by atoms with Gasteiger partial charge < -0.3 is 19.3 Å². The first-order valence-corrected chi connectivity index (χ1v) is 7.45. The number of fused-ring (bicyclic) bond motifs is 1. The van der Waals surface area contributed by atoms with Gasteiger partial charge in [-0.15, -0.1) is 0 Å². The third-order valence-electron chi connectivity index (χ3n) is 4.87. The first-order valence-electron chi connectivity index (χ1n) is 7.45. The van der Waals surface area contributed by atoms with Crippen LogP contribution in [0.3, 0.4) is 0 Å². The number of hydrogen-bond donors (Lipinski definition) is 1. The van der Waals surface area contributed by atoms with Gasteiger partial charge in [0, 0.05) is 25.5 Å². The van der Waals surface area contributed by atoms with Crippen LogP contribution >= 0.6 is 0 Å². The summed E-state index contributed by atoms with van der Waals surface area (Å²) in [6, 6.07) is 0. The van der Waals surface area contributed by atoms with Crippen molar-refractivity contribution < 1.29 is 19.4 Å². The van der Waals surface area contributed by atoms with E-state index in [0.29, 0.717) is 13.1 Å². The Morgan fingerprint density at radius 2 is 2.36 bits per heavy atom. The molecule has 7 nitrogen and oxygen atoms in total. The molecular weight excluding hydrogens is 286 g/mol. The quantitative estimate of drug-likeness (QED) is 0.782. The summed E-state index contributed by atoms with van der Waals surface area (Å²) in [5.74, 6) is -2.37. The predicted octanol–water partition coefficient (Wildman–Crippen LogP) is 0.140. The number of carboxylic acids is 1. The number of aromatic nitrogens is 2. The number of carbonyl (C=O) groups is 2. The van der Waals surface area contributed by atoms with Gasteiger partial charge in [0.1, 0.15) is 11.5 Å². The van der Waals surface area contributed by atoms with E-state index in [0.717, 1.165) is 13.0 Å². The van der Waals surface area contributed by atoms with Gasteiger partial charge in [-0.2, -0.15) is 0 Å². The van der Waals surface area contributed by atoms with E-state index >= 15 is 0 Å². The highest BCUT2D eigenvalue weighted by atomic mass is 16.5. The van der Waals surface area contributed by atoms with E-state index in [1.54, 1.807) is 23.5 Å². The molecule has 1 aromatic heterocycles. The van der Waals surface area contributed by atoms with Crippen LogP contribution in [0.25, 0.3) is 0 Å². The van der Waals surface area contributed by atoms with Gasteiger partial charge in [-0.05, 0) is 6.42 Å². The summed E-state index contributed by atoms with van der Waals surface area (Å²) in [6.45, 7) is 1.84. The lowest BCUT2D eigenvalue weighted by atomic mass is 9.77. The van der Waals surface area contributed by atoms with Gasteiger partial charge in [0.15, 0.2) is 0 Å². The second-order valence-electron chi connectivity index (χ2n) is 6.15. The van der Waals surface area contributed by atoms with Gasteiger partial charge >= 0.3 is 5.97 Å². The zero-order valence-corrected chi connectivity index (χ0v) is 12.0. The number of ether oxygens (including phenoxy) is 1. The second kappa shape index (κ2) is 4.67. The Labute approximate surface area is 127 Å². The maximum atomic E-state index is 12.6. The maximum Gasteiger partial charge on any atom is 0.310 e. The molecule has 4 heterocycles. The van der Waals surface area contributed by atoms with E-state index in [1.165, 1.54) is 0 Å². The summed E-state index contributed by atoms with van der Waals surface area (Å²) >= 11 is 0. The van der Waals surface area contributed by atoms with Crippen molar-refractivity contribution in [3.05, 3.63) is 30.9 Å². The molecule has 2 bridgehead atoms. The molecule has 116 valence electrons. The number of rotatable bonds is 5. The molecule has 1 spiro atoms. The summed E-state index contributed by atoms with van der Waals surface area (Å²) < 4.78 is 7.80. The summed E-state index contributed by atoms with van der Waals surface area (Å²) in [5, 5.41) is 9.39. The molecule has 3 aliphatic heterocycles. The normalized spacial score (nSPS) is 35.4. The number of likely N-dealkylation sites (tertiary alicyclic amines) is 1. The molecule has 4 atom stereocenters. The molecule has 0 unspecified atom stereocenters. The SMILES string of the molecule is O=C(O)[C@@H]1[C@H]2C=C[C@@]3(CN(CCCn4ccnc4)C(=O)[C@@H]13)O2. The summed E-state index contributed by atoms with van der Waals surface area (Å²) in [6.07, 6.45) is 9.36. The number of amides is 1. The number of carboxylic acid groups (broad SMARTS) is 1. The fourth-order valence-corrected chi connectivity index (χ4v) is 3.91. The summed E-state index contributed by atoms with van der Waals surface area (Å²) in [7, 11) is 0. The van der Waals surface area contributed by atoms with Gasteiger partial charge in [0.25, 0.3) is 0 Å². The van der Waals surface area contributed by atoms with Crippen LogP contribution < -0.4 is 0 Å². The van der Waals surface area contributed by atoms with E-state index in [4.69, 9.17) is 4.74 Å². The molecule has 1 amide bonds. The number of carbonyl (C=O) groups excluding carboxylic acids is 1. The van der Waals surface area contributed by atoms with Crippen LogP contribution in [0.2, 0.25) is 0 Å². The molecule has 2 fully saturated rings. The monoisotopic (exact) mass is 303 g/mol. The maximum absolute atomic E-state index is 12.6. The number of aliphatic carboxylic acids is 1. The van der Waals surface area contributed by atoms with Crippen molar-refractivity contribution in [2.75, 3.05) is 13.1 Å². The van der Waals surface area contributed by atoms with E-state index in [2.05, 4.69) is 4.98 Å². The van der Waals surface area contributed by atoms with Crippen molar-refractivity contribution in [1.82, 2.24) is 14.5 Å². The molecule has 4 rings (SSSR count). The van der Waals surface area contributed by atoms with Gasteiger partial charge in [-0.1, -0.05) is 12.2 Å². The van der Waals surface area contributed by atoms with Crippen LogP contribution in [0.15, 0.2) is 30.9 Å². The van der Waals surface area contributed by atoms with E-state index in [9.17, 15) is 14.7 Å². The first-order chi connectivity index (χ1) is 10.6. The Balaban J connectivity index is 1.45. The van der Waals surface area contributed by atoms with E-state index in [1.807, 2.05) is 16.8 Å². The Hall–Kier alpha value is -2.15. The highest BCUT2D eigenvalue weighted by Crippen LogP contribution is 2.51. The van der Waals surface area contributed by atoms with E-state index < -0.39 is 29.5 Å². The third kappa shape index (κ3) is 1.81. The lowest BCUT2D eigenvalue weighted by Crippen LogP contribution is -2.39. The number of hydrogen-bond acceptors (Lipinski definition) is 4. The minimum absolute atomic E-state index is 0.0927. The fourth-order valence-electron chi connectivity index (χ4n) is 3.91. The van der Waals surface area contributed by atoms with Crippen molar-refractivity contribution in [3.8, 4) is 0 Å². The first kappa shape index (κ1) is 13.5. The minimum atomic E-state index is -0.949. The predicted molar refractivity (Wildman–Crippen MR) is 74.8 cm³/mol. The van der Waals surface area contributed by atoms with Crippen molar-refractivity contribution in [1.29, 1.82) is 0 Å². The molecule has 0 aromatic carbocycles. The van der Waals surface area contributed by atoms with Crippen molar-refractivity contribution >= 4 is 11.9 Å². The highest BCUT2D eigenvalue weighted by molar-refractivity contribution is 5.90. The summed E-state index contributed by atoms with van der Waals surface area (Å²) in [5.41, 5.74) is -0.722. The Bertz CT molecular complexity index is 641. The van der Waals surface area contributed by atoms with Crippen molar-refractivity contribution in [2.24, 2.45) is 11.8 Å². The van der Waals surface area contributed by atoms with Crippen LogP contribution in [-0.4, -0.2) is 56.2 Å². The Kier molecular flexibility index (Phi) is 2.87. The van der Waals surface area contributed by atoms with Crippen LogP contribution in [0.1, 0.15) is 6.42 Å². The van der Waals surface area contributed by atoms with Crippen molar-refractivity contribution in [2.45, 2.75) is 24.7 Å². The number of imidazole rings is 1. The van der Waals surface area contributed by atoms with Crippen molar-refractivity contribution in [3.63, 3.8) is 0 Å². The summed E-state index contributed by atoms with van der Waals surface area (Å²) in [4.78, 5) is 29.8. The molecule has 0 aliphatic carbocycles. The van der Waals surface area contributed by atoms with Gasteiger partial charge in [0.2, 0.25) is 5.91 Å².